The molecule has 0 aliphatic heterocycles. The highest BCUT2D eigenvalue weighted by Gasteiger charge is 2.02. The summed E-state index contributed by atoms with van der Waals surface area (Å²) in [6, 6.07) is 10.7. The third-order valence-electron chi connectivity index (χ3n) is 2.55. The highest BCUT2D eigenvalue weighted by atomic mass is 14.7. The summed E-state index contributed by atoms with van der Waals surface area (Å²) in [5.41, 5.74) is 6.07. The summed E-state index contributed by atoms with van der Waals surface area (Å²) in [4.78, 5) is 4.38. The van der Waals surface area contributed by atoms with Crippen molar-refractivity contribution in [2.75, 3.05) is 0 Å². The smallest absolute Gasteiger partial charge is 0.0451 e. The van der Waals surface area contributed by atoms with E-state index in [2.05, 4.69) is 56.1 Å². The molecule has 1 heteroatoms. The van der Waals surface area contributed by atoms with Gasteiger partial charge in [0.25, 0.3) is 0 Å². The fourth-order valence-corrected chi connectivity index (χ4v) is 1.74. The maximum absolute atomic E-state index is 4.38. The van der Waals surface area contributed by atoms with Crippen molar-refractivity contribution in [3.63, 3.8) is 0 Å². The van der Waals surface area contributed by atoms with Crippen LogP contribution in [0.15, 0.2) is 36.5 Å². The summed E-state index contributed by atoms with van der Waals surface area (Å²) < 4.78 is 0. The predicted molar refractivity (Wildman–Crippen MR) is 63.9 cm³/mol. The number of benzene rings is 1. The zero-order valence-corrected chi connectivity index (χ0v) is 9.41. The molecule has 0 aliphatic carbocycles. The molecule has 1 aromatic carbocycles. The highest BCUT2D eigenvalue weighted by molar-refractivity contribution is 5.66. The number of hydrogen-bond donors (Lipinski definition) is 0. The van der Waals surface area contributed by atoms with E-state index < -0.39 is 0 Å². The molecule has 1 heterocycles. The van der Waals surface area contributed by atoms with Gasteiger partial charge in [-0.15, -0.1) is 0 Å². The van der Waals surface area contributed by atoms with E-state index in [1.54, 1.807) is 0 Å². The molecule has 0 unspecified atom stereocenters. The molecule has 0 spiro atoms. The molecule has 0 saturated carbocycles. The van der Waals surface area contributed by atoms with Gasteiger partial charge in [0.2, 0.25) is 0 Å². The van der Waals surface area contributed by atoms with E-state index in [0.29, 0.717) is 0 Å². The van der Waals surface area contributed by atoms with E-state index in [-0.39, 0.29) is 0 Å². The van der Waals surface area contributed by atoms with Crippen LogP contribution in [0.2, 0.25) is 0 Å². The molecular weight excluding hydrogens is 182 g/mol. The summed E-state index contributed by atoms with van der Waals surface area (Å²) >= 11 is 0. The summed E-state index contributed by atoms with van der Waals surface area (Å²) in [6.45, 7) is 6.24. The number of nitrogens with zero attached hydrogens (tertiary/aromatic N) is 1. The molecular formula is C14H15N. The van der Waals surface area contributed by atoms with Crippen LogP contribution in [0.3, 0.4) is 0 Å². The van der Waals surface area contributed by atoms with Crippen LogP contribution in [-0.4, -0.2) is 4.98 Å². The minimum Gasteiger partial charge on any atom is -0.261 e. The lowest BCUT2D eigenvalue weighted by molar-refractivity contribution is 1.17. The lowest BCUT2D eigenvalue weighted by Gasteiger charge is -2.07. The molecule has 0 saturated heterocycles. The second-order valence-corrected chi connectivity index (χ2v) is 4.02. The van der Waals surface area contributed by atoms with Crippen LogP contribution in [-0.2, 0) is 0 Å². The monoisotopic (exact) mass is 197 g/mol. The lowest BCUT2D eigenvalue weighted by atomic mass is 10.0. The van der Waals surface area contributed by atoms with E-state index in [0.717, 1.165) is 5.69 Å². The van der Waals surface area contributed by atoms with Crippen molar-refractivity contribution < 1.29 is 0 Å². The summed E-state index contributed by atoms with van der Waals surface area (Å²) in [5, 5.41) is 0. The highest BCUT2D eigenvalue weighted by Crippen LogP contribution is 2.23. The van der Waals surface area contributed by atoms with E-state index in [9.17, 15) is 0 Å². The first-order chi connectivity index (χ1) is 7.16. The third kappa shape index (κ3) is 2.07. The number of aryl methyl sites for hydroxylation is 3. The average Bonchev–Trinajstić information content (AvgIpc) is 2.22. The average molecular weight is 197 g/mol. The number of hydrogen-bond acceptors (Lipinski definition) is 1. The fraction of sp³-hybridized carbons (Fsp3) is 0.214. The Morgan fingerprint density at radius 3 is 2.47 bits per heavy atom. The lowest BCUT2D eigenvalue weighted by Crippen LogP contribution is -1.89. The Labute approximate surface area is 90.8 Å². The molecule has 0 amide bonds. The Morgan fingerprint density at radius 2 is 1.73 bits per heavy atom. The molecule has 1 aromatic heterocycles. The molecule has 15 heavy (non-hydrogen) atoms. The topological polar surface area (TPSA) is 12.9 Å². The van der Waals surface area contributed by atoms with Crippen molar-refractivity contribution in [2.24, 2.45) is 0 Å². The van der Waals surface area contributed by atoms with Gasteiger partial charge in [-0.25, -0.2) is 0 Å². The Hall–Kier alpha value is -1.63. The van der Waals surface area contributed by atoms with Crippen molar-refractivity contribution in [1.82, 2.24) is 4.98 Å². The Balaban J connectivity index is 2.58. The largest absolute Gasteiger partial charge is 0.261 e. The predicted octanol–water partition coefficient (Wildman–Crippen LogP) is 3.67. The Kier molecular flexibility index (Phi) is 2.55. The summed E-state index contributed by atoms with van der Waals surface area (Å²) in [7, 11) is 0. The van der Waals surface area contributed by atoms with Crippen LogP contribution >= 0.6 is 0 Å². The fourth-order valence-electron chi connectivity index (χ4n) is 1.74. The van der Waals surface area contributed by atoms with Gasteiger partial charge in [0.15, 0.2) is 0 Å². The minimum absolute atomic E-state index is 1.09. The quantitative estimate of drug-likeness (QED) is 0.679. The Bertz CT molecular complexity index is 486. The van der Waals surface area contributed by atoms with Crippen molar-refractivity contribution in [3.05, 3.63) is 53.3 Å². The maximum atomic E-state index is 4.38. The Morgan fingerprint density at radius 1 is 0.933 bits per heavy atom. The van der Waals surface area contributed by atoms with E-state index in [1.807, 2.05) is 6.20 Å². The zero-order valence-electron chi connectivity index (χ0n) is 9.41. The van der Waals surface area contributed by atoms with Gasteiger partial charge in [0.1, 0.15) is 0 Å². The minimum atomic E-state index is 1.09. The second kappa shape index (κ2) is 3.85. The molecule has 0 radical (unpaired) electrons. The molecule has 1 nitrogen and oxygen atoms in total. The molecule has 2 aromatic rings. The van der Waals surface area contributed by atoms with Gasteiger partial charge >= 0.3 is 0 Å². The first-order valence-corrected chi connectivity index (χ1v) is 5.17. The number of aromatic nitrogens is 1. The van der Waals surface area contributed by atoms with Crippen LogP contribution in [0.5, 0.6) is 0 Å². The molecule has 2 rings (SSSR count). The molecule has 0 atom stereocenters. The van der Waals surface area contributed by atoms with Gasteiger partial charge in [-0.2, -0.15) is 0 Å². The van der Waals surface area contributed by atoms with Gasteiger partial charge in [-0.1, -0.05) is 29.8 Å². The normalized spacial score (nSPS) is 10.3. The standard InChI is InChI=1S/C14H15N/c1-10-5-4-6-13(7-10)14-8-11(2)9-15-12(14)3/h4-9H,1-3H3. The number of rotatable bonds is 1. The SMILES string of the molecule is Cc1cccc(-c2cc(C)cnc2C)c1. The first-order valence-electron chi connectivity index (χ1n) is 5.17. The van der Waals surface area contributed by atoms with Crippen LogP contribution in [0, 0.1) is 20.8 Å². The van der Waals surface area contributed by atoms with Gasteiger partial charge < -0.3 is 0 Å². The molecule has 0 bridgehead atoms. The van der Waals surface area contributed by atoms with E-state index in [1.165, 1.54) is 22.3 Å². The van der Waals surface area contributed by atoms with E-state index >= 15 is 0 Å². The van der Waals surface area contributed by atoms with Crippen molar-refractivity contribution >= 4 is 0 Å². The first kappa shape index (κ1) is 9.91. The maximum Gasteiger partial charge on any atom is 0.0451 e. The van der Waals surface area contributed by atoms with Gasteiger partial charge in [-0.3, -0.25) is 4.98 Å². The summed E-state index contributed by atoms with van der Waals surface area (Å²) in [5.74, 6) is 0. The molecule has 0 fully saturated rings. The zero-order chi connectivity index (χ0) is 10.8. The third-order valence-corrected chi connectivity index (χ3v) is 2.55. The van der Waals surface area contributed by atoms with Crippen LogP contribution in [0.1, 0.15) is 16.8 Å². The van der Waals surface area contributed by atoms with Crippen LogP contribution in [0.25, 0.3) is 11.1 Å². The molecule has 0 aliphatic rings. The van der Waals surface area contributed by atoms with Crippen LogP contribution < -0.4 is 0 Å². The molecule has 76 valence electrons. The van der Waals surface area contributed by atoms with Crippen molar-refractivity contribution in [2.45, 2.75) is 20.8 Å². The van der Waals surface area contributed by atoms with E-state index in [4.69, 9.17) is 0 Å². The van der Waals surface area contributed by atoms with Crippen molar-refractivity contribution in [1.29, 1.82) is 0 Å². The van der Waals surface area contributed by atoms with Crippen LogP contribution in [0.4, 0.5) is 0 Å². The van der Waals surface area contributed by atoms with Gasteiger partial charge in [0, 0.05) is 17.5 Å². The molecule has 0 N–H and O–H groups in total. The van der Waals surface area contributed by atoms with Crippen molar-refractivity contribution in [3.8, 4) is 11.1 Å². The summed E-state index contributed by atoms with van der Waals surface area (Å²) in [6.07, 6.45) is 1.91. The van der Waals surface area contributed by atoms with Gasteiger partial charge in [0.05, 0.1) is 0 Å². The number of pyridine rings is 1. The van der Waals surface area contributed by atoms with Gasteiger partial charge in [-0.05, 0) is 38.0 Å². The second-order valence-electron chi connectivity index (χ2n) is 4.02.